The molecule has 0 radical (unpaired) electrons. The number of primary amides is 1. The van der Waals surface area contributed by atoms with Crippen molar-refractivity contribution in [1.29, 1.82) is 0 Å². The first-order valence-corrected chi connectivity index (χ1v) is 7.49. The van der Waals surface area contributed by atoms with Gasteiger partial charge in [-0.05, 0) is 45.2 Å². The van der Waals surface area contributed by atoms with Crippen LogP contribution >= 0.6 is 0 Å². The highest BCUT2D eigenvalue weighted by atomic mass is 16.1. The molecule has 2 heterocycles. The van der Waals surface area contributed by atoms with Gasteiger partial charge in [0, 0.05) is 19.1 Å². The monoisotopic (exact) mass is 253 g/mol. The molecule has 0 bridgehead atoms. The van der Waals surface area contributed by atoms with Gasteiger partial charge in [-0.2, -0.15) is 0 Å². The highest BCUT2D eigenvalue weighted by Gasteiger charge is 2.30. The highest BCUT2D eigenvalue weighted by molar-refractivity contribution is 5.79. The van der Waals surface area contributed by atoms with Crippen LogP contribution in [0.2, 0.25) is 0 Å². The second kappa shape index (κ2) is 6.53. The van der Waals surface area contributed by atoms with Crippen molar-refractivity contribution >= 4 is 5.91 Å². The Hall–Kier alpha value is -0.610. The number of hydrogen-bond donors (Lipinski definition) is 1. The Morgan fingerprint density at radius 3 is 2.28 bits per heavy atom. The van der Waals surface area contributed by atoms with Crippen LogP contribution in [-0.4, -0.2) is 54.0 Å². The van der Waals surface area contributed by atoms with Gasteiger partial charge in [0.2, 0.25) is 5.91 Å². The van der Waals surface area contributed by atoms with Crippen molar-refractivity contribution < 1.29 is 4.79 Å². The average Bonchev–Trinajstić information content (AvgIpc) is 2.41. The number of nitrogens with two attached hydrogens (primary N) is 1. The average molecular weight is 253 g/mol. The Kier molecular flexibility index (Phi) is 5.01. The lowest BCUT2D eigenvalue weighted by Crippen LogP contribution is -2.52. The summed E-state index contributed by atoms with van der Waals surface area (Å²) in [6.07, 6.45) is 7.35. The van der Waals surface area contributed by atoms with Gasteiger partial charge in [0.05, 0.1) is 6.04 Å². The first-order valence-electron chi connectivity index (χ1n) is 7.49. The molecule has 2 aliphatic heterocycles. The lowest BCUT2D eigenvalue weighted by Gasteiger charge is -2.41. The maximum atomic E-state index is 11.4. The Morgan fingerprint density at radius 2 is 1.78 bits per heavy atom. The number of piperidine rings is 2. The van der Waals surface area contributed by atoms with E-state index in [1.165, 1.54) is 45.2 Å². The summed E-state index contributed by atoms with van der Waals surface area (Å²) < 4.78 is 0. The van der Waals surface area contributed by atoms with Gasteiger partial charge in [-0.25, -0.2) is 0 Å². The van der Waals surface area contributed by atoms with Gasteiger partial charge >= 0.3 is 0 Å². The van der Waals surface area contributed by atoms with Crippen molar-refractivity contribution in [2.75, 3.05) is 26.2 Å². The van der Waals surface area contributed by atoms with E-state index in [0.717, 1.165) is 25.6 Å². The van der Waals surface area contributed by atoms with Crippen molar-refractivity contribution in [3.63, 3.8) is 0 Å². The summed E-state index contributed by atoms with van der Waals surface area (Å²) in [7, 11) is 0. The smallest absolute Gasteiger partial charge is 0.234 e. The van der Waals surface area contributed by atoms with Crippen molar-refractivity contribution in [1.82, 2.24) is 9.80 Å². The van der Waals surface area contributed by atoms with E-state index in [0.29, 0.717) is 0 Å². The molecule has 2 saturated heterocycles. The maximum absolute atomic E-state index is 11.4. The molecule has 1 amide bonds. The zero-order valence-corrected chi connectivity index (χ0v) is 11.6. The number of hydrogen-bond acceptors (Lipinski definition) is 3. The molecule has 0 aliphatic carbocycles. The largest absolute Gasteiger partial charge is 0.368 e. The predicted octanol–water partition coefficient (Wildman–Crippen LogP) is 1.20. The predicted molar refractivity (Wildman–Crippen MR) is 73.3 cm³/mol. The summed E-state index contributed by atoms with van der Waals surface area (Å²) in [5.74, 6) is -0.158. The first-order chi connectivity index (χ1) is 8.72. The number of nitrogens with zero attached hydrogens (tertiary/aromatic N) is 2. The van der Waals surface area contributed by atoms with Crippen LogP contribution in [0, 0.1) is 0 Å². The maximum Gasteiger partial charge on any atom is 0.234 e. The molecule has 2 N–H and O–H groups in total. The van der Waals surface area contributed by atoms with Gasteiger partial charge in [-0.15, -0.1) is 0 Å². The molecule has 0 aromatic rings. The number of carbonyl (C=O) groups is 1. The molecule has 1 atom stereocenters. The summed E-state index contributed by atoms with van der Waals surface area (Å²) in [6, 6.07) is 0.694. The van der Waals surface area contributed by atoms with Crippen LogP contribution in [0.1, 0.15) is 45.4 Å². The van der Waals surface area contributed by atoms with Gasteiger partial charge < -0.3 is 10.6 Å². The van der Waals surface area contributed by atoms with E-state index in [2.05, 4.69) is 9.80 Å². The standard InChI is InChI=1S/C14H27N3O/c1-2-13(14(15)18)17-10-6-12(7-11-17)16-8-4-3-5-9-16/h12-13H,2-11H2,1H3,(H2,15,18). The van der Waals surface area contributed by atoms with Crippen LogP contribution in [0.25, 0.3) is 0 Å². The van der Waals surface area contributed by atoms with Crippen molar-refractivity contribution in [3.8, 4) is 0 Å². The van der Waals surface area contributed by atoms with Crippen LogP contribution in [0.15, 0.2) is 0 Å². The molecule has 0 aromatic carbocycles. The molecular formula is C14H27N3O. The summed E-state index contributed by atoms with van der Waals surface area (Å²) in [5, 5.41) is 0. The minimum absolute atomic E-state index is 0.0488. The molecule has 4 nitrogen and oxygen atoms in total. The zero-order chi connectivity index (χ0) is 13.0. The molecule has 4 heteroatoms. The van der Waals surface area contributed by atoms with Gasteiger partial charge in [0.25, 0.3) is 0 Å². The summed E-state index contributed by atoms with van der Waals surface area (Å²) in [5.41, 5.74) is 5.46. The van der Waals surface area contributed by atoms with E-state index in [4.69, 9.17) is 5.73 Å². The molecule has 2 fully saturated rings. The van der Waals surface area contributed by atoms with Crippen LogP contribution < -0.4 is 5.73 Å². The second-order valence-electron chi connectivity index (χ2n) is 5.69. The molecule has 2 aliphatic rings. The molecule has 2 rings (SSSR count). The van der Waals surface area contributed by atoms with E-state index < -0.39 is 0 Å². The third kappa shape index (κ3) is 3.23. The minimum Gasteiger partial charge on any atom is -0.368 e. The van der Waals surface area contributed by atoms with Crippen molar-refractivity contribution in [3.05, 3.63) is 0 Å². The Labute approximate surface area is 110 Å². The van der Waals surface area contributed by atoms with Gasteiger partial charge in [0.1, 0.15) is 0 Å². The fourth-order valence-electron chi connectivity index (χ4n) is 3.49. The van der Waals surface area contributed by atoms with E-state index in [-0.39, 0.29) is 11.9 Å². The number of amides is 1. The lowest BCUT2D eigenvalue weighted by molar-refractivity contribution is -0.124. The fourth-order valence-corrected chi connectivity index (χ4v) is 3.49. The van der Waals surface area contributed by atoms with E-state index in [1.54, 1.807) is 0 Å². The molecule has 18 heavy (non-hydrogen) atoms. The molecule has 0 saturated carbocycles. The summed E-state index contributed by atoms with van der Waals surface area (Å²) >= 11 is 0. The third-order valence-corrected chi connectivity index (χ3v) is 4.56. The van der Waals surface area contributed by atoms with Gasteiger partial charge in [0.15, 0.2) is 0 Å². The van der Waals surface area contributed by atoms with Crippen LogP contribution in [-0.2, 0) is 4.79 Å². The third-order valence-electron chi connectivity index (χ3n) is 4.56. The quantitative estimate of drug-likeness (QED) is 0.819. The minimum atomic E-state index is -0.158. The lowest BCUT2D eigenvalue weighted by atomic mass is 9.98. The van der Waals surface area contributed by atoms with Crippen molar-refractivity contribution in [2.45, 2.75) is 57.5 Å². The molecule has 0 aromatic heterocycles. The summed E-state index contributed by atoms with van der Waals surface area (Å²) in [4.78, 5) is 16.3. The molecule has 1 unspecified atom stereocenters. The second-order valence-corrected chi connectivity index (χ2v) is 5.69. The molecular weight excluding hydrogens is 226 g/mol. The van der Waals surface area contributed by atoms with Gasteiger partial charge in [-0.3, -0.25) is 9.69 Å². The Bertz CT molecular complexity index is 268. The number of rotatable bonds is 4. The van der Waals surface area contributed by atoms with Gasteiger partial charge in [-0.1, -0.05) is 13.3 Å². The Morgan fingerprint density at radius 1 is 1.17 bits per heavy atom. The first kappa shape index (κ1) is 13.8. The van der Waals surface area contributed by atoms with Crippen LogP contribution in [0.3, 0.4) is 0 Å². The topological polar surface area (TPSA) is 49.6 Å². The van der Waals surface area contributed by atoms with E-state index in [9.17, 15) is 4.79 Å². The highest BCUT2D eigenvalue weighted by Crippen LogP contribution is 2.22. The number of carbonyl (C=O) groups excluding carboxylic acids is 1. The zero-order valence-electron chi connectivity index (χ0n) is 11.6. The SMILES string of the molecule is CCC(C(N)=O)N1CCC(N2CCCCC2)CC1. The van der Waals surface area contributed by atoms with Crippen molar-refractivity contribution in [2.24, 2.45) is 5.73 Å². The molecule has 0 spiro atoms. The fraction of sp³-hybridized carbons (Fsp3) is 0.929. The normalized spacial score (nSPS) is 26.1. The molecule has 104 valence electrons. The van der Waals surface area contributed by atoms with E-state index >= 15 is 0 Å². The van der Waals surface area contributed by atoms with Crippen LogP contribution in [0.5, 0.6) is 0 Å². The Balaban J connectivity index is 1.81. The van der Waals surface area contributed by atoms with E-state index in [1.807, 2.05) is 6.92 Å². The summed E-state index contributed by atoms with van der Waals surface area (Å²) in [6.45, 7) is 6.66. The number of likely N-dealkylation sites (tertiary alicyclic amines) is 2. The van der Waals surface area contributed by atoms with Crippen LogP contribution in [0.4, 0.5) is 0 Å².